The summed E-state index contributed by atoms with van der Waals surface area (Å²) < 4.78 is 0. The minimum absolute atomic E-state index is 0. The molecule has 1 saturated heterocycles. The van der Waals surface area contributed by atoms with E-state index in [1.54, 1.807) is 6.07 Å². The molecular weight excluding hydrogens is 319 g/mol. The topological polar surface area (TPSA) is 32.3 Å². The van der Waals surface area contributed by atoms with Crippen LogP contribution in [0.3, 0.4) is 0 Å². The Morgan fingerprint density at radius 1 is 1.25 bits per heavy atom. The molecule has 0 aromatic heterocycles. The van der Waals surface area contributed by atoms with Crippen LogP contribution in [-0.2, 0) is 11.3 Å². The lowest BCUT2D eigenvalue weighted by Gasteiger charge is -2.32. The first kappa shape index (κ1) is 15.9. The highest BCUT2D eigenvalue weighted by atomic mass is 35.5. The molecule has 20 heavy (non-hydrogen) atoms. The van der Waals surface area contributed by atoms with Crippen molar-refractivity contribution in [2.75, 3.05) is 13.1 Å². The van der Waals surface area contributed by atoms with Gasteiger partial charge in [0.05, 0.1) is 16.0 Å². The van der Waals surface area contributed by atoms with E-state index in [4.69, 9.17) is 23.2 Å². The van der Waals surface area contributed by atoms with E-state index in [1.807, 2.05) is 17.0 Å². The van der Waals surface area contributed by atoms with Gasteiger partial charge in [-0.25, -0.2) is 0 Å². The Hall–Kier alpha value is -0.480. The monoisotopic (exact) mass is 334 g/mol. The molecule has 0 bridgehead atoms. The van der Waals surface area contributed by atoms with Crippen molar-refractivity contribution in [1.82, 2.24) is 10.2 Å². The number of benzene rings is 1. The fourth-order valence-electron chi connectivity index (χ4n) is 2.31. The molecule has 1 aromatic carbocycles. The molecule has 3 rings (SSSR count). The number of hydrogen-bond acceptors (Lipinski definition) is 2. The number of nitrogens with zero attached hydrogens (tertiary/aromatic N) is 1. The number of nitrogens with one attached hydrogen (secondary N) is 1. The van der Waals surface area contributed by atoms with Crippen LogP contribution in [0.5, 0.6) is 0 Å². The van der Waals surface area contributed by atoms with Gasteiger partial charge in [0.15, 0.2) is 0 Å². The fraction of sp³-hybridized carbons (Fsp3) is 0.500. The minimum Gasteiger partial charge on any atom is -0.335 e. The van der Waals surface area contributed by atoms with Crippen LogP contribution in [0.4, 0.5) is 0 Å². The maximum Gasteiger partial charge on any atom is 0.228 e. The first-order valence-electron chi connectivity index (χ1n) is 6.60. The standard InChI is InChI=1S/C14H16Cl2N2O.ClH/c15-12-4-1-9(5-13(12)16)8-18(11-2-3-11)14(19)10-6-17-7-10;/h1,4-5,10-11,17H,2-3,6-8H2;1H. The summed E-state index contributed by atoms with van der Waals surface area (Å²) in [6.07, 6.45) is 2.24. The van der Waals surface area contributed by atoms with Crippen molar-refractivity contribution in [2.24, 2.45) is 5.92 Å². The summed E-state index contributed by atoms with van der Waals surface area (Å²) >= 11 is 11.9. The van der Waals surface area contributed by atoms with Crippen molar-refractivity contribution < 1.29 is 4.79 Å². The zero-order chi connectivity index (χ0) is 13.4. The van der Waals surface area contributed by atoms with E-state index >= 15 is 0 Å². The average molecular weight is 336 g/mol. The van der Waals surface area contributed by atoms with Crippen LogP contribution >= 0.6 is 35.6 Å². The molecule has 3 nitrogen and oxygen atoms in total. The van der Waals surface area contributed by atoms with Crippen LogP contribution in [0.25, 0.3) is 0 Å². The smallest absolute Gasteiger partial charge is 0.228 e. The minimum atomic E-state index is 0. The van der Waals surface area contributed by atoms with Gasteiger partial charge in [-0.3, -0.25) is 4.79 Å². The highest BCUT2D eigenvalue weighted by Gasteiger charge is 2.37. The Kier molecular flexibility index (Phi) is 5.19. The summed E-state index contributed by atoms with van der Waals surface area (Å²) in [5, 5.41) is 4.25. The Morgan fingerprint density at radius 2 is 1.95 bits per heavy atom. The molecule has 1 N–H and O–H groups in total. The van der Waals surface area contributed by atoms with Crippen LogP contribution in [0.15, 0.2) is 18.2 Å². The first-order valence-corrected chi connectivity index (χ1v) is 7.36. The van der Waals surface area contributed by atoms with Crippen LogP contribution in [-0.4, -0.2) is 29.9 Å². The van der Waals surface area contributed by atoms with Crippen molar-refractivity contribution >= 4 is 41.5 Å². The Bertz CT molecular complexity index is 501. The molecule has 0 atom stereocenters. The van der Waals surface area contributed by atoms with E-state index in [1.165, 1.54) is 0 Å². The van der Waals surface area contributed by atoms with Gasteiger partial charge in [0.1, 0.15) is 0 Å². The second kappa shape index (κ2) is 6.52. The van der Waals surface area contributed by atoms with Crippen molar-refractivity contribution in [1.29, 1.82) is 0 Å². The van der Waals surface area contributed by atoms with E-state index < -0.39 is 0 Å². The zero-order valence-electron chi connectivity index (χ0n) is 10.9. The van der Waals surface area contributed by atoms with Crippen LogP contribution in [0, 0.1) is 5.92 Å². The number of hydrogen-bond donors (Lipinski definition) is 1. The molecule has 1 amide bonds. The lowest BCUT2D eigenvalue weighted by atomic mass is 10.0. The molecule has 6 heteroatoms. The summed E-state index contributed by atoms with van der Waals surface area (Å²) in [6.45, 7) is 2.25. The molecule has 0 spiro atoms. The third kappa shape index (κ3) is 3.40. The number of rotatable bonds is 4. The highest BCUT2D eigenvalue weighted by Crippen LogP contribution is 2.31. The van der Waals surface area contributed by atoms with Crippen LogP contribution in [0.1, 0.15) is 18.4 Å². The molecule has 1 saturated carbocycles. The van der Waals surface area contributed by atoms with Gasteiger partial charge in [0, 0.05) is 25.7 Å². The van der Waals surface area contributed by atoms with Crippen molar-refractivity contribution in [3.63, 3.8) is 0 Å². The van der Waals surface area contributed by atoms with E-state index in [9.17, 15) is 4.79 Å². The van der Waals surface area contributed by atoms with Gasteiger partial charge in [0.2, 0.25) is 5.91 Å². The molecule has 0 unspecified atom stereocenters. The van der Waals surface area contributed by atoms with Gasteiger partial charge in [-0.1, -0.05) is 29.3 Å². The molecule has 2 aliphatic rings. The summed E-state index contributed by atoms with van der Waals surface area (Å²) in [6, 6.07) is 6.00. The van der Waals surface area contributed by atoms with Gasteiger partial charge >= 0.3 is 0 Å². The maximum absolute atomic E-state index is 12.4. The van der Waals surface area contributed by atoms with Crippen molar-refractivity contribution in [2.45, 2.75) is 25.4 Å². The molecule has 1 aliphatic heterocycles. The Morgan fingerprint density at radius 3 is 2.45 bits per heavy atom. The summed E-state index contributed by atoms with van der Waals surface area (Å²) in [7, 11) is 0. The summed E-state index contributed by atoms with van der Waals surface area (Å²) in [5.41, 5.74) is 1.04. The normalized spacial score (nSPS) is 18.1. The SMILES string of the molecule is Cl.O=C(C1CNC1)N(Cc1ccc(Cl)c(Cl)c1)C1CC1. The van der Waals surface area contributed by atoms with Crippen LogP contribution < -0.4 is 5.32 Å². The molecule has 1 aliphatic carbocycles. The predicted molar refractivity (Wildman–Crippen MR) is 83.6 cm³/mol. The van der Waals surface area contributed by atoms with E-state index in [0.29, 0.717) is 22.6 Å². The quantitative estimate of drug-likeness (QED) is 0.917. The second-order valence-corrected chi connectivity index (χ2v) is 6.12. The third-order valence-corrected chi connectivity index (χ3v) is 4.48. The lowest BCUT2D eigenvalue weighted by molar-refractivity contribution is -0.138. The number of carbonyl (C=O) groups is 1. The number of amides is 1. The maximum atomic E-state index is 12.4. The van der Waals surface area contributed by atoms with Gasteiger partial charge in [0.25, 0.3) is 0 Å². The highest BCUT2D eigenvalue weighted by molar-refractivity contribution is 6.42. The van der Waals surface area contributed by atoms with Crippen molar-refractivity contribution in [3.8, 4) is 0 Å². The zero-order valence-corrected chi connectivity index (χ0v) is 13.3. The first-order chi connectivity index (χ1) is 9.15. The number of carbonyl (C=O) groups excluding carboxylic acids is 1. The van der Waals surface area contributed by atoms with Crippen molar-refractivity contribution in [3.05, 3.63) is 33.8 Å². The van der Waals surface area contributed by atoms with Gasteiger partial charge < -0.3 is 10.2 Å². The summed E-state index contributed by atoms with van der Waals surface area (Å²) in [4.78, 5) is 14.4. The van der Waals surface area contributed by atoms with E-state index in [-0.39, 0.29) is 24.2 Å². The lowest BCUT2D eigenvalue weighted by Crippen LogP contribution is -2.52. The molecule has 110 valence electrons. The largest absolute Gasteiger partial charge is 0.335 e. The van der Waals surface area contributed by atoms with E-state index in [2.05, 4.69) is 5.32 Å². The predicted octanol–water partition coefficient (Wildman–Crippen LogP) is 3.13. The van der Waals surface area contributed by atoms with Gasteiger partial charge in [-0.2, -0.15) is 0 Å². The average Bonchev–Trinajstić information content (AvgIpc) is 3.12. The molecular formula is C14H17Cl3N2O. The second-order valence-electron chi connectivity index (χ2n) is 5.30. The van der Waals surface area contributed by atoms with E-state index in [0.717, 1.165) is 31.5 Å². The van der Waals surface area contributed by atoms with Gasteiger partial charge in [-0.05, 0) is 30.5 Å². The Labute approximate surface area is 135 Å². The van der Waals surface area contributed by atoms with Gasteiger partial charge in [-0.15, -0.1) is 12.4 Å². The molecule has 0 radical (unpaired) electrons. The molecule has 1 heterocycles. The Balaban J connectivity index is 0.00000147. The number of halogens is 3. The molecule has 1 aromatic rings. The van der Waals surface area contributed by atoms with Crippen LogP contribution in [0.2, 0.25) is 10.0 Å². The fourth-order valence-corrected chi connectivity index (χ4v) is 2.63. The third-order valence-electron chi connectivity index (χ3n) is 3.74. The summed E-state index contributed by atoms with van der Waals surface area (Å²) in [5.74, 6) is 0.427. The molecule has 2 fully saturated rings.